The number of thiophene rings is 1. The number of hydrogen-bond donors (Lipinski definition) is 1. The molecule has 0 fully saturated rings. The van der Waals surface area contributed by atoms with Crippen LogP contribution in [0.2, 0.25) is 4.34 Å². The van der Waals surface area contributed by atoms with E-state index in [1.807, 2.05) is 6.07 Å². The Morgan fingerprint density at radius 2 is 2.18 bits per heavy atom. The lowest BCUT2D eigenvalue weighted by Crippen LogP contribution is -2.35. The molecule has 0 aliphatic rings. The highest BCUT2D eigenvalue weighted by Crippen LogP contribution is 2.26. The van der Waals surface area contributed by atoms with Crippen LogP contribution in [0.25, 0.3) is 0 Å². The molecule has 1 atom stereocenters. The van der Waals surface area contributed by atoms with Crippen LogP contribution >= 0.6 is 22.9 Å². The summed E-state index contributed by atoms with van der Waals surface area (Å²) in [5.41, 5.74) is 0.00452. The summed E-state index contributed by atoms with van der Waals surface area (Å²) in [6.45, 7) is 6.36. The van der Waals surface area contributed by atoms with E-state index in [0.29, 0.717) is 0 Å². The lowest BCUT2D eigenvalue weighted by molar-refractivity contribution is 0.0882. The van der Waals surface area contributed by atoms with Gasteiger partial charge in [-0.05, 0) is 25.6 Å². The molecule has 0 saturated carbocycles. The van der Waals surface area contributed by atoms with Crippen LogP contribution in [0.4, 0.5) is 0 Å². The monoisotopic (exact) mass is 275 g/mol. The summed E-state index contributed by atoms with van der Waals surface area (Å²) in [5, 5.41) is 9.49. The molecule has 1 heterocycles. The number of aliphatic hydroxyl groups excluding tert-OH is 1. The van der Waals surface area contributed by atoms with Gasteiger partial charge in [-0.1, -0.05) is 31.9 Å². The minimum absolute atomic E-state index is 0.00452. The van der Waals surface area contributed by atoms with Gasteiger partial charge in [-0.2, -0.15) is 0 Å². The molecule has 1 aromatic rings. The maximum Gasteiger partial charge on any atom is 0.0931 e. The van der Waals surface area contributed by atoms with Crippen LogP contribution in [0, 0.1) is 5.41 Å². The van der Waals surface area contributed by atoms with E-state index in [4.69, 9.17) is 11.6 Å². The van der Waals surface area contributed by atoms with Crippen molar-refractivity contribution < 1.29 is 5.11 Å². The Hall–Kier alpha value is -0.0900. The number of nitrogens with zero attached hydrogens (tertiary/aromatic N) is 1. The fourth-order valence-electron chi connectivity index (χ4n) is 2.22. The van der Waals surface area contributed by atoms with Crippen LogP contribution in [0.1, 0.15) is 31.6 Å². The van der Waals surface area contributed by atoms with Crippen molar-refractivity contribution in [3.63, 3.8) is 0 Å². The highest BCUT2D eigenvalue weighted by atomic mass is 35.5. The molecule has 0 amide bonds. The van der Waals surface area contributed by atoms with Crippen molar-refractivity contribution in [1.82, 2.24) is 4.90 Å². The van der Waals surface area contributed by atoms with Crippen molar-refractivity contribution in [3.8, 4) is 0 Å². The van der Waals surface area contributed by atoms with E-state index >= 15 is 0 Å². The predicted molar refractivity (Wildman–Crippen MR) is 75.8 cm³/mol. The first-order chi connectivity index (χ1) is 7.99. The van der Waals surface area contributed by atoms with Gasteiger partial charge in [0.1, 0.15) is 0 Å². The smallest absolute Gasteiger partial charge is 0.0931 e. The lowest BCUT2D eigenvalue weighted by atomic mass is 9.86. The first-order valence-corrected chi connectivity index (χ1v) is 7.22. The Bertz CT molecular complexity index is 342. The van der Waals surface area contributed by atoms with Crippen LogP contribution < -0.4 is 0 Å². The maximum atomic E-state index is 9.49. The van der Waals surface area contributed by atoms with Crippen molar-refractivity contribution in [3.05, 3.63) is 21.3 Å². The van der Waals surface area contributed by atoms with E-state index in [-0.39, 0.29) is 12.0 Å². The summed E-state index contributed by atoms with van der Waals surface area (Å²) < 4.78 is 0.840. The Kier molecular flexibility index (Phi) is 5.93. The van der Waals surface area contributed by atoms with Crippen LogP contribution in [0.15, 0.2) is 12.1 Å². The normalized spacial score (nSPS) is 15.2. The molecule has 0 saturated heterocycles. The van der Waals surface area contributed by atoms with Crippen molar-refractivity contribution in [2.45, 2.75) is 33.2 Å². The maximum absolute atomic E-state index is 9.49. The van der Waals surface area contributed by atoms with Crippen LogP contribution in [-0.4, -0.2) is 30.2 Å². The Morgan fingerprint density at radius 1 is 1.47 bits per heavy atom. The molecule has 0 aliphatic carbocycles. The average molecular weight is 276 g/mol. The summed E-state index contributed by atoms with van der Waals surface area (Å²) >= 11 is 7.54. The van der Waals surface area contributed by atoms with Gasteiger partial charge >= 0.3 is 0 Å². The zero-order chi connectivity index (χ0) is 12.9. The minimum Gasteiger partial charge on any atom is -0.396 e. The van der Waals surface area contributed by atoms with Gasteiger partial charge in [0.2, 0.25) is 0 Å². The number of halogens is 1. The standard InChI is InChI=1S/C13H22ClNOS/c1-4-7-13(2,10-16)9-15(3)8-11-5-6-12(14)17-11/h5-6,16H,4,7-10H2,1-3H3. The second kappa shape index (κ2) is 6.74. The van der Waals surface area contributed by atoms with Gasteiger partial charge in [0.15, 0.2) is 0 Å². The van der Waals surface area contributed by atoms with Gasteiger partial charge in [0, 0.05) is 30.0 Å². The number of rotatable bonds is 7. The topological polar surface area (TPSA) is 23.5 Å². The van der Waals surface area contributed by atoms with Crippen molar-refractivity contribution >= 4 is 22.9 Å². The summed E-state index contributed by atoms with van der Waals surface area (Å²) in [6.07, 6.45) is 2.16. The van der Waals surface area contributed by atoms with E-state index in [1.165, 1.54) is 4.88 Å². The van der Waals surface area contributed by atoms with Crippen LogP contribution in [0.5, 0.6) is 0 Å². The van der Waals surface area contributed by atoms with Crippen molar-refractivity contribution in [2.75, 3.05) is 20.2 Å². The van der Waals surface area contributed by atoms with Crippen molar-refractivity contribution in [1.29, 1.82) is 0 Å². The summed E-state index contributed by atoms with van der Waals surface area (Å²) in [7, 11) is 2.09. The van der Waals surface area contributed by atoms with Gasteiger partial charge in [0.05, 0.1) is 4.34 Å². The SMILES string of the molecule is CCCC(C)(CO)CN(C)Cc1ccc(Cl)s1. The van der Waals surface area contributed by atoms with E-state index in [2.05, 4.69) is 31.9 Å². The molecule has 1 unspecified atom stereocenters. The van der Waals surface area contributed by atoms with Crippen molar-refractivity contribution in [2.24, 2.45) is 5.41 Å². The molecule has 17 heavy (non-hydrogen) atoms. The Labute approximate surface area is 113 Å². The number of hydrogen-bond acceptors (Lipinski definition) is 3. The molecule has 2 nitrogen and oxygen atoms in total. The van der Waals surface area contributed by atoms with Gasteiger partial charge < -0.3 is 10.0 Å². The average Bonchev–Trinajstić information content (AvgIpc) is 2.64. The number of aliphatic hydroxyl groups is 1. The molecular weight excluding hydrogens is 254 g/mol. The highest BCUT2D eigenvalue weighted by molar-refractivity contribution is 7.16. The largest absolute Gasteiger partial charge is 0.396 e. The third-order valence-electron chi connectivity index (χ3n) is 2.94. The Balaban J connectivity index is 2.50. The molecule has 1 N–H and O–H groups in total. The molecule has 0 aromatic carbocycles. The molecule has 0 aliphatic heterocycles. The van der Waals surface area contributed by atoms with Gasteiger partial charge in [-0.25, -0.2) is 0 Å². The first-order valence-electron chi connectivity index (χ1n) is 6.03. The fourth-order valence-corrected chi connectivity index (χ4v) is 3.39. The fraction of sp³-hybridized carbons (Fsp3) is 0.692. The molecule has 0 bridgehead atoms. The molecule has 0 spiro atoms. The minimum atomic E-state index is 0.00452. The summed E-state index contributed by atoms with van der Waals surface area (Å²) in [4.78, 5) is 3.53. The molecule has 1 rings (SSSR count). The van der Waals surface area contributed by atoms with E-state index in [9.17, 15) is 5.11 Å². The molecular formula is C13H22ClNOS. The quantitative estimate of drug-likeness (QED) is 0.821. The summed E-state index contributed by atoms with van der Waals surface area (Å²) in [5.74, 6) is 0. The van der Waals surface area contributed by atoms with Gasteiger partial charge in [0.25, 0.3) is 0 Å². The first kappa shape index (κ1) is 15.0. The second-order valence-electron chi connectivity index (χ2n) is 5.10. The van der Waals surface area contributed by atoms with Gasteiger partial charge in [-0.3, -0.25) is 0 Å². The third kappa shape index (κ3) is 4.96. The predicted octanol–water partition coefficient (Wildman–Crippen LogP) is 3.63. The zero-order valence-corrected chi connectivity index (χ0v) is 12.4. The van der Waals surface area contributed by atoms with Crippen LogP contribution in [0.3, 0.4) is 0 Å². The molecule has 98 valence electrons. The van der Waals surface area contributed by atoms with E-state index in [1.54, 1.807) is 11.3 Å². The molecule has 0 radical (unpaired) electrons. The Morgan fingerprint density at radius 3 is 2.65 bits per heavy atom. The highest BCUT2D eigenvalue weighted by Gasteiger charge is 2.24. The summed E-state index contributed by atoms with van der Waals surface area (Å²) in [6, 6.07) is 4.01. The zero-order valence-electron chi connectivity index (χ0n) is 10.9. The van der Waals surface area contributed by atoms with Crippen LogP contribution in [-0.2, 0) is 6.54 Å². The second-order valence-corrected chi connectivity index (χ2v) is 6.90. The molecule has 1 aromatic heterocycles. The third-order valence-corrected chi connectivity index (χ3v) is 4.16. The van der Waals surface area contributed by atoms with Gasteiger partial charge in [-0.15, -0.1) is 11.3 Å². The molecule has 4 heteroatoms. The van der Waals surface area contributed by atoms with E-state index < -0.39 is 0 Å². The lowest BCUT2D eigenvalue weighted by Gasteiger charge is -2.31. The van der Waals surface area contributed by atoms with E-state index in [0.717, 1.165) is 30.3 Å².